The summed E-state index contributed by atoms with van der Waals surface area (Å²) in [6, 6.07) is 7.64. The molecule has 4 rings (SSSR count). The Bertz CT molecular complexity index is 917. The summed E-state index contributed by atoms with van der Waals surface area (Å²) in [4.78, 5) is 13.4. The molecule has 1 fully saturated rings. The third kappa shape index (κ3) is 3.31. The van der Waals surface area contributed by atoms with Gasteiger partial charge in [-0.1, -0.05) is 19.3 Å². The normalized spacial score (nSPS) is 15.2. The van der Waals surface area contributed by atoms with E-state index in [1.807, 2.05) is 16.5 Å². The molecule has 0 aliphatic heterocycles. The molecule has 1 N–H and O–H groups in total. The number of imidazole rings is 1. The van der Waals surface area contributed by atoms with Crippen LogP contribution in [0.4, 0.5) is 5.82 Å². The van der Waals surface area contributed by atoms with E-state index in [2.05, 4.69) is 26.3 Å². The first-order valence-corrected chi connectivity index (χ1v) is 8.78. The summed E-state index contributed by atoms with van der Waals surface area (Å²) in [6.45, 7) is 0.961. The van der Waals surface area contributed by atoms with Crippen molar-refractivity contribution in [2.75, 3.05) is 11.9 Å². The minimum atomic E-state index is 0.582. The third-order valence-corrected chi connectivity index (χ3v) is 4.82. The fraction of sp³-hybridized carbons (Fsp3) is 0.368. The third-order valence-electron chi connectivity index (χ3n) is 4.82. The van der Waals surface area contributed by atoms with Gasteiger partial charge >= 0.3 is 0 Å². The minimum absolute atomic E-state index is 0.582. The fourth-order valence-corrected chi connectivity index (χ4v) is 3.43. The summed E-state index contributed by atoms with van der Waals surface area (Å²) in [5.41, 5.74) is 2.14. The number of nitrogens with zero attached hydrogens (tertiary/aromatic N) is 5. The molecule has 25 heavy (non-hydrogen) atoms. The first-order chi connectivity index (χ1) is 12.3. The largest absolute Gasteiger partial charge is 0.370 e. The average Bonchev–Trinajstić information content (AvgIpc) is 3.10. The second kappa shape index (κ2) is 6.89. The second-order valence-corrected chi connectivity index (χ2v) is 6.55. The number of anilines is 1. The van der Waals surface area contributed by atoms with Gasteiger partial charge in [-0.15, -0.1) is 0 Å². The maximum atomic E-state index is 9.11. The predicted molar refractivity (Wildman–Crippen MR) is 96.0 cm³/mol. The summed E-state index contributed by atoms with van der Waals surface area (Å²) < 4.78 is 1.86. The van der Waals surface area contributed by atoms with Crippen molar-refractivity contribution in [3.63, 3.8) is 0 Å². The lowest BCUT2D eigenvalue weighted by atomic mass is 9.89. The summed E-state index contributed by atoms with van der Waals surface area (Å²) in [6.07, 6.45) is 11.9. The van der Waals surface area contributed by atoms with Crippen LogP contribution in [0, 0.1) is 17.2 Å². The lowest BCUT2D eigenvalue weighted by Crippen LogP contribution is -2.17. The minimum Gasteiger partial charge on any atom is -0.370 e. The summed E-state index contributed by atoms with van der Waals surface area (Å²) in [5, 5.41) is 12.6. The highest BCUT2D eigenvalue weighted by Crippen LogP contribution is 2.24. The van der Waals surface area contributed by atoms with Gasteiger partial charge in [0, 0.05) is 18.9 Å². The summed E-state index contributed by atoms with van der Waals surface area (Å²) >= 11 is 0. The van der Waals surface area contributed by atoms with Gasteiger partial charge in [-0.3, -0.25) is 4.40 Å². The van der Waals surface area contributed by atoms with Gasteiger partial charge in [0.2, 0.25) is 0 Å². The van der Waals surface area contributed by atoms with Crippen LogP contribution in [0.5, 0.6) is 0 Å². The van der Waals surface area contributed by atoms with Crippen molar-refractivity contribution in [2.24, 2.45) is 5.92 Å². The van der Waals surface area contributed by atoms with Crippen molar-refractivity contribution < 1.29 is 0 Å². The highest BCUT2D eigenvalue weighted by Gasteiger charge is 2.14. The molecule has 1 aliphatic carbocycles. The van der Waals surface area contributed by atoms with Crippen LogP contribution in [0.3, 0.4) is 0 Å². The molecule has 1 saturated carbocycles. The Labute approximate surface area is 146 Å². The molecule has 6 nitrogen and oxygen atoms in total. The van der Waals surface area contributed by atoms with Crippen LogP contribution >= 0.6 is 0 Å². The quantitative estimate of drug-likeness (QED) is 0.789. The number of pyridine rings is 1. The van der Waals surface area contributed by atoms with Gasteiger partial charge in [-0.05, 0) is 37.0 Å². The molecule has 3 heterocycles. The molecule has 0 aromatic carbocycles. The molecule has 6 heteroatoms. The molecule has 3 aromatic rings. The monoisotopic (exact) mass is 332 g/mol. The van der Waals surface area contributed by atoms with E-state index in [0.717, 1.165) is 29.6 Å². The zero-order chi connectivity index (χ0) is 17.1. The molecule has 3 aromatic heterocycles. The SMILES string of the molecule is N#Cc1ccc2ncc(-c3nccc(NCC4CCCCC4)n3)n2c1. The maximum Gasteiger partial charge on any atom is 0.180 e. The standard InChI is InChI=1S/C19H20N6/c20-10-15-6-7-18-23-12-16(25(18)13-15)19-21-9-8-17(24-19)22-11-14-4-2-1-3-5-14/h6-9,12-14H,1-5,11H2,(H,21,22,24). The van der Waals surface area contributed by atoms with Gasteiger partial charge in [0.15, 0.2) is 5.82 Å². The maximum absolute atomic E-state index is 9.11. The Morgan fingerprint density at radius 3 is 2.88 bits per heavy atom. The molecule has 0 amide bonds. The van der Waals surface area contributed by atoms with E-state index < -0.39 is 0 Å². The average molecular weight is 332 g/mol. The molecule has 0 bridgehead atoms. The Morgan fingerprint density at radius 2 is 2.04 bits per heavy atom. The highest BCUT2D eigenvalue weighted by molar-refractivity contribution is 5.59. The van der Waals surface area contributed by atoms with Crippen LogP contribution in [-0.2, 0) is 0 Å². The van der Waals surface area contributed by atoms with Gasteiger partial charge in [-0.25, -0.2) is 15.0 Å². The molecule has 126 valence electrons. The van der Waals surface area contributed by atoms with Gasteiger partial charge in [0.1, 0.15) is 23.2 Å². The van der Waals surface area contributed by atoms with Crippen molar-refractivity contribution in [3.05, 3.63) is 42.4 Å². The zero-order valence-electron chi connectivity index (χ0n) is 14.0. The lowest BCUT2D eigenvalue weighted by Gasteiger charge is -2.21. The van der Waals surface area contributed by atoms with Crippen LogP contribution in [-0.4, -0.2) is 25.9 Å². The Morgan fingerprint density at radius 1 is 1.16 bits per heavy atom. The van der Waals surface area contributed by atoms with Gasteiger partial charge in [-0.2, -0.15) is 5.26 Å². The number of nitriles is 1. The van der Waals surface area contributed by atoms with E-state index in [9.17, 15) is 0 Å². The van der Waals surface area contributed by atoms with Crippen LogP contribution < -0.4 is 5.32 Å². The number of hydrogen-bond donors (Lipinski definition) is 1. The summed E-state index contributed by atoms with van der Waals surface area (Å²) in [5.74, 6) is 2.18. The molecule has 0 atom stereocenters. The van der Waals surface area contributed by atoms with Crippen LogP contribution in [0.2, 0.25) is 0 Å². The molecule has 0 spiro atoms. The van der Waals surface area contributed by atoms with Gasteiger partial charge < -0.3 is 5.32 Å². The van der Waals surface area contributed by atoms with Crippen LogP contribution in [0.15, 0.2) is 36.8 Å². The van der Waals surface area contributed by atoms with Crippen molar-refractivity contribution in [3.8, 4) is 17.6 Å². The first kappa shape index (κ1) is 15.6. The highest BCUT2D eigenvalue weighted by atomic mass is 15.1. The van der Waals surface area contributed by atoms with E-state index in [1.165, 1.54) is 32.1 Å². The van der Waals surface area contributed by atoms with Crippen LogP contribution in [0.25, 0.3) is 17.2 Å². The molecular weight excluding hydrogens is 312 g/mol. The smallest absolute Gasteiger partial charge is 0.180 e. The number of fused-ring (bicyclic) bond motifs is 1. The van der Waals surface area contributed by atoms with Crippen molar-refractivity contribution in [1.29, 1.82) is 5.26 Å². The Kier molecular flexibility index (Phi) is 4.30. The number of aromatic nitrogens is 4. The van der Waals surface area contributed by atoms with Crippen molar-refractivity contribution in [2.45, 2.75) is 32.1 Å². The lowest BCUT2D eigenvalue weighted by molar-refractivity contribution is 0.373. The van der Waals surface area contributed by atoms with E-state index >= 15 is 0 Å². The number of rotatable bonds is 4. The van der Waals surface area contributed by atoms with Crippen molar-refractivity contribution in [1.82, 2.24) is 19.4 Å². The van der Waals surface area contributed by atoms with E-state index in [-0.39, 0.29) is 0 Å². The summed E-state index contributed by atoms with van der Waals surface area (Å²) in [7, 11) is 0. The second-order valence-electron chi connectivity index (χ2n) is 6.55. The van der Waals surface area contributed by atoms with Gasteiger partial charge in [0.25, 0.3) is 0 Å². The Balaban J connectivity index is 1.58. The molecule has 0 saturated heterocycles. The number of nitrogens with one attached hydrogen (secondary N) is 1. The fourth-order valence-electron chi connectivity index (χ4n) is 3.43. The first-order valence-electron chi connectivity index (χ1n) is 8.78. The molecule has 0 radical (unpaired) electrons. The zero-order valence-corrected chi connectivity index (χ0v) is 14.0. The molecule has 1 aliphatic rings. The van der Waals surface area contributed by atoms with E-state index in [1.54, 1.807) is 24.7 Å². The predicted octanol–water partition coefficient (Wildman–Crippen LogP) is 3.66. The number of hydrogen-bond acceptors (Lipinski definition) is 5. The van der Waals surface area contributed by atoms with E-state index in [4.69, 9.17) is 5.26 Å². The van der Waals surface area contributed by atoms with E-state index in [0.29, 0.717) is 11.4 Å². The van der Waals surface area contributed by atoms with Crippen molar-refractivity contribution >= 4 is 11.5 Å². The topological polar surface area (TPSA) is 78.9 Å². The van der Waals surface area contributed by atoms with Crippen LogP contribution in [0.1, 0.15) is 37.7 Å². The Hall–Kier alpha value is -2.94. The molecule has 0 unspecified atom stereocenters. The molecular formula is C19H20N6. The van der Waals surface area contributed by atoms with Gasteiger partial charge in [0.05, 0.1) is 11.8 Å².